The summed E-state index contributed by atoms with van der Waals surface area (Å²) in [7, 11) is 0. The number of benzene rings is 1. The minimum Gasteiger partial charge on any atom is -0.357 e. The Hall–Kier alpha value is -1.13. The zero-order valence-corrected chi connectivity index (χ0v) is 17.4. The molecule has 0 saturated heterocycles. The second-order valence-electron chi connectivity index (χ2n) is 6.48. The Labute approximate surface area is 173 Å². The van der Waals surface area contributed by atoms with E-state index in [0.29, 0.717) is 25.3 Å². The van der Waals surface area contributed by atoms with E-state index in [-0.39, 0.29) is 61.4 Å². The minimum atomic E-state index is -4.13. The Morgan fingerprint density at radius 3 is 2.41 bits per heavy atom. The number of hydrogen-bond donors (Lipinski definition) is 2. The molecule has 9 heteroatoms. The molecule has 0 atom stereocenters. The number of nitrogens with one attached hydrogen (secondary N) is 2. The van der Waals surface area contributed by atoms with E-state index in [0.717, 1.165) is 18.2 Å². The summed E-state index contributed by atoms with van der Waals surface area (Å²) in [6.07, 6.45) is -2.83. The summed E-state index contributed by atoms with van der Waals surface area (Å²) in [5.41, 5.74) is 0.246. The van der Waals surface area contributed by atoms with Crippen molar-refractivity contribution in [1.82, 2.24) is 10.6 Å². The van der Waals surface area contributed by atoms with Gasteiger partial charge in [0.25, 0.3) is 0 Å². The Balaban J connectivity index is 0.00000364. The molecule has 3 nitrogen and oxygen atoms in total. The molecule has 1 aromatic carbocycles. The third-order valence-corrected chi connectivity index (χ3v) is 4.53. The van der Waals surface area contributed by atoms with E-state index in [2.05, 4.69) is 15.6 Å². The average molecular weight is 505 g/mol. The fraction of sp³-hybridized carbons (Fsp3) is 0.611. The van der Waals surface area contributed by atoms with Gasteiger partial charge < -0.3 is 10.6 Å². The van der Waals surface area contributed by atoms with Crippen LogP contribution in [-0.4, -0.2) is 31.3 Å². The first-order valence-corrected chi connectivity index (χ1v) is 8.85. The highest BCUT2D eigenvalue weighted by Gasteiger charge is 2.41. The molecule has 2 N–H and O–H groups in total. The van der Waals surface area contributed by atoms with Gasteiger partial charge in [-0.1, -0.05) is 0 Å². The van der Waals surface area contributed by atoms with Crippen LogP contribution in [0.3, 0.4) is 0 Å². The van der Waals surface area contributed by atoms with Gasteiger partial charge in [0.2, 0.25) is 0 Å². The van der Waals surface area contributed by atoms with Crippen LogP contribution < -0.4 is 10.6 Å². The maximum atomic E-state index is 13.6. The first-order chi connectivity index (χ1) is 12.3. The summed E-state index contributed by atoms with van der Waals surface area (Å²) < 4.78 is 65.0. The molecular formula is C18H25F5IN3. The largest absolute Gasteiger partial charge is 0.391 e. The summed E-state index contributed by atoms with van der Waals surface area (Å²) in [5.74, 6) is -1.72. The van der Waals surface area contributed by atoms with E-state index >= 15 is 0 Å². The lowest BCUT2D eigenvalue weighted by Crippen LogP contribution is -2.46. The number of rotatable bonds is 5. The van der Waals surface area contributed by atoms with E-state index < -0.39 is 23.7 Å². The highest BCUT2D eigenvalue weighted by Crippen LogP contribution is 2.37. The van der Waals surface area contributed by atoms with Crippen LogP contribution in [0, 0.1) is 17.6 Å². The molecule has 27 heavy (non-hydrogen) atoms. The molecule has 154 valence electrons. The molecule has 0 amide bonds. The SMILES string of the molecule is CCNC(=NCCc1cc(F)ccc1F)NC1CCC(C(F)(F)F)CC1.I. The lowest BCUT2D eigenvalue weighted by atomic mass is 9.85. The van der Waals surface area contributed by atoms with Gasteiger partial charge in [0.15, 0.2) is 5.96 Å². The van der Waals surface area contributed by atoms with Gasteiger partial charge in [0.1, 0.15) is 11.6 Å². The quantitative estimate of drug-likeness (QED) is 0.261. The molecule has 0 aromatic heterocycles. The molecule has 1 saturated carbocycles. The third kappa shape index (κ3) is 7.79. The Morgan fingerprint density at radius 1 is 1.15 bits per heavy atom. The van der Waals surface area contributed by atoms with Crippen LogP contribution in [0.25, 0.3) is 0 Å². The molecule has 0 bridgehead atoms. The molecule has 0 heterocycles. The fourth-order valence-electron chi connectivity index (χ4n) is 3.10. The number of hydrogen-bond acceptors (Lipinski definition) is 1. The number of aliphatic imine (C=N–C) groups is 1. The summed E-state index contributed by atoms with van der Waals surface area (Å²) >= 11 is 0. The van der Waals surface area contributed by atoms with Crippen molar-refractivity contribution < 1.29 is 22.0 Å². The maximum Gasteiger partial charge on any atom is 0.391 e. The molecule has 1 fully saturated rings. The van der Waals surface area contributed by atoms with Crippen molar-refractivity contribution in [2.45, 2.75) is 51.2 Å². The van der Waals surface area contributed by atoms with Gasteiger partial charge in [-0.05, 0) is 62.8 Å². The molecular weight excluding hydrogens is 480 g/mol. The Kier molecular flexibility index (Phi) is 9.75. The van der Waals surface area contributed by atoms with Crippen LogP contribution in [0.15, 0.2) is 23.2 Å². The van der Waals surface area contributed by atoms with Gasteiger partial charge in [-0.15, -0.1) is 24.0 Å². The van der Waals surface area contributed by atoms with Gasteiger partial charge in [0, 0.05) is 19.1 Å². The van der Waals surface area contributed by atoms with E-state index in [1.165, 1.54) is 0 Å². The van der Waals surface area contributed by atoms with Crippen molar-refractivity contribution >= 4 is 29.9 Å². The third-order valence-electron chi connectivity index (χ3n) is 4.53. The molecule has 0 spiro atoms. The monoisotopic (exact) mass is 505 g/mol. The minimum absolute atomic E-state index is 0. The Bertz CT molecular complexity index is 614. The predicted molar refractivity (Wildman–Crippen MR) is 106 cm³/mol. The van der Waals surface area contributed by atoms with Crippen molar-refractivity contribution in [3.63, 3.8) is 0 Å². The first kappa shape index (κ1) is 23.9. The topological polar surface area (TPSA) is 36.4 Å². The zero-order chi connectivity index (χ0) is 19.2. The highest BCUT2D eigenvalue weighted by molar-refractivity contribution is 14.0. The fourth-order valence-corrected chi connectivity index (χ4v) is 3.10. The standard InChI is InChI=1S/C18H24F5N3.HI/c1-2-24-17(25-10-9-12-11-14(19)5-8-16(12)20)26-15-6-3-13(4-7-15)18(21,22)23;/h5,8,11,13,15H,2-4,6-7,9-10H2,1H3,(H2,24,25,26);1H. The number of halogens is 6. The summed E-state index contributed by atoms with van der Waals surface area (Å²) in [6, 6.07) is 3.21. The lowest BCUT2D eigenvalue weighted by Gasteiger charge is -2.31. The number of nitrogens with zero attached hydrogens (tertiary/aromatic N) is 1. The van der Waals surface area contributed by atoms with Gasteiger partial charge in [0.05, 0.1) is 5.92 Å². The lowest BCUT2D eigenvalue weighted by molar-refractivity contribution is -0.182. The van der Waals surface area contributed by atoms with Crippen LogP contribution >= 0.6 is 24.0 Å². The van der Waals surface area contributed by atoms with E-state index in [9.17, 15) is 22.0 Å². The van der Waals surface area contributed by atoms with Gasteiger partial charge >= 0.3 is 6.18 Å². The van der Waals surface area contributed by atoms with Gasteiger partial charge in [-0.25, -0.2) is 8.78 Å². The van der Waals surface area contributed by atoms with Crippen molar-refractivity contribution in [1.29, 1.82) is 0 Å². The van der Waals surface area contributed by atoms with Crippen LogP contribution in [0.2, 0.25) is 0 Å². The van der Waals surface area contributed by atoms with E-state index in [4.69, 9.17) is 0 Å². The summed E-state index contributed by atoms with van der Waals surface area (Å²) in [6.45, 7) is 2.72. The van der Waals surface area contributed by atoms with Gasteiger partial charge in [-0.2, -0.15) is 13.2 Å². The second kappa shape index (κ2) is 11.0. The van der Waals surface area contributed by atoms with Crippen LogP contribution in [0.4, 0.5) is 22.0 Å². The van der Waals surface area contributed by atoms with E-state index in [1.54, 1.807) is 0 Å². The first-order valence-electron chi connectivity index (χ1n) is 8.85. The van der Waals surface area contributed by atoms with Crippen molar-refractivity contribution in [2.75, 3.05) is 13.1 Å². The molecule has 2 rings (SSSR count). The zero-order valence-electron chi connectivity index (χ0n) is 15.1. The van der Waals surface area contributed by atoms with Crippen LogP contribution in [0.5, 0.6) is 0 Å². The highest BCUT2D eigenvalue weighted by atomic mass is 127. The number of guanidine groups is 1. The van der Waals surface area contributed by atoms with Crippen molar-refractivity contribution in [3.8, 4) is 0 Å². The maximum absolute atomic E-state index is 13.6. The van der Waals surface area contributed by atoms with Gasteiger partial charge in [-0.3, -0.25) is 4.99 Å². The Morgan fingerprint density at radius 2 is 1.81 bits per heavy atom. The molecule has 0 unspecified atom stereocenters. The smallest absolute Gasteiger partial charge is 0.357 e. The summed E-state index contributed by atoms with van der Waals surface area (Å²) in [4.78, 5) is 4.32. The number of alkyl halides is 3. The second-order valence-corrected chi connectivity index (χ2v) is 6.48. The summed E-state index contributed by atoms with van der Waals surface area (Å²) in [5, 5.41) is 6.18. The van der Waals surface area contributed by atoms with E-state index in [1.807, 2.05) is 6.92 Å². The predicted octanol–water partition coefficient (Wildman–Crippen LogP) is 4.80. The van der Waals surface area contributed by atoms with Crippen molar-refractivity contribution in [3.05, 3.63) is 35.4 Å². The molecule has 0 aliphatic heterocycles. The molecule has 1 aliphatic rings. The van der Waals surface area contributed by atoms with Crippen molar-refractivity contribution in [2.24, 2.45) is 10.9 Å². The molecule has 0 radical (unpaired) electrons. The normalized spacial score (nSPS) is 20.7. The molecule has 1 aliphatic carbocycles. The average Bonchev–Trinajstić information content (AvgIpc) is 2.58. The van der Waals surface area contributed by atoms with Crippen LogP contribution in [0.1, 0.15) is 38.2 Å². The molecule has 1 aromatic rings. The van der Waals surface area contributed by atoms with Crippen LogP contribution in [-0.2, 0) is 6.42 Å².